The van der Waals surface area contributed by atoms with E-state index in [0.29, 0.717) is 19.3 Å². The standard InChI is InChI=1S/C12H21NO3/c1-12(15-6-7-16-12)13-10-4-2-9(8-10)3-5-11(13)14/h9-11,14H,2-8H2,1H3/t9-,10+,11-/m1/s1. The lowest BCUT2D eigenvalue weighted by atomic mass is 10.0. The van der Waals surface area contributed by atoms with Crippen molar-refractivity contribution in [2.45, 2.75) is 57.2 Å². The van der Waals surface area contributed by atoms with Crippen LogP contribution in [0.5, 0.6) is 0 Å². The Balaban J connectivity index is 1.84. The molecule has 0 radical (unpaired) electrons. The Morgan fingerprint density at radius 1 is 1.12 bits per heavy atom. The molecule has 2 saturated heterocycles. The smallest absolute Gasteiger partial charge is 0.229 e. The molecule has 92 valence electrons. The van der Waals surface area contributed by atoms with Crippen LogP contribution >= 0.6 is 0 Å². The van der Waals surface area contributed by atoms with Crippen molar-refractivity contribution >= 4 is 0 Å². The minimum absolute atomic E-state index is 0.404. The zero-order chi connectivity index (χ0) is 11.2. The number of aliphatic hydroxyl groups is 1. The van der Waals surface area contributed by atoms with Crippen LogP contribution in [0.1, 0.15) is 39.0 Å². The number of rotatable bonds is 1. The Kier molecular flexibility index (Phi) is 2.70. The average molecular weight is 227 g/mol. The van der Waals surface area contributed by atoms with Gasteiger partial charge in [-0.05, 0) is 38.0 Å². The van der Waals surface area contributed by atoms with Crippen LogP contribution in [0.2, 0.25) is 0 Å². The van der Waals surface area contributed by atoms with Gasteiger partial charge < -0.3 is 14.6 Å². The van der Waals surface area contributed by atoms with Crippen LogP contribution in [0, 0.1) is 5.92 Å². The minimum Gasteiger partial charge on any atom is -0.378 e. The van der Waals surface area contributed by atoms with Gasteiger partial charge in [0.15, 0.2) is 0 Å². The molecular weight excluding hydrogens is 206 g/mol. The highest BCUT2D eigenvalue weighted by Crippen LogP contribution is 2.42. The van der Waals surface area contributed by atoms with E-state index in [-0.39, 0.29) is 0 Å². The highest BCUT2D eigenvalue weighted by Gasteiger charge is 2.48. The summed E-state index contributed by atoms with van der Waals surface area (Å²) in [5.74, 6) is 0.109. The van der Waals surface area contributed by atoms with Crippen molar-refractivity contribution in [3.05, 3.63) is 0 Å². The molecule has 3 atom stereocenters. The van der Waals surface area contributed by atoms with E-state index in [9.17, 15) is 5.11 Å². The molecule has 2 aliphatic heterocycles. The van der Waals surface area contributed by atoms with Gasteiger partial charge in [0, 0.05) is 13.0 Å². The van der Waals surface area contributed by atoms with Gasteiger partial charge in [-0.15, -0.1) is 0 Å². The molecule has 4 heteroatoms. The second kappa shape index (κ2) is 3.95. The van der Waals surface area contributed by atoms with Crippen LogP contribution in [-0.4, -0.2) is 41.4 Å². The molecule has 0 amide bonds. The van der Waals surface area contributed by atoms with Gasteiger partial charge in [-0.3, -0.25) is 0 Å². The second-order valence-corrected chi connectivity index (χ2v) is 5.39. The maximum absolute atomic E-state index is 10.3. The van der Waals surface area contributed by atoms with E-state index in [1.807, 2.05) is 6.92 Å². The fourth-order valence-electron chi connectivity index (χ4n) is 3.59. The molecule has 2 bridgehead atoms. The van der Waals surface area contributed by atoms with Crippen LogP contribution in [0.25, 0.3) is 0 Å². The molecule has 1 saturated carbocycles. The number of aliphatic hydroxyl groups excluding tert-OH is 1. The van der Waals surface area contributed by atoms with E-state index in [0.717, 1.165) is 18.8 Å². The SMILES string of the molecule is CC1(N2[C@H]3CC[C@H](CC[C@H]2O)C3)OCCO1. The lowest BCUT2D eigenvalue weighted by Crippen LogP contribution is -2.56. The first-order chi connectivity index (χ1) is 7.69. The van der Waals surface area contributed by atoms with Crippen molar-refractivity contribution < 1.29 is 14.6 Å². The second-order valence-electron chi connectivity index (χ2n) is 5.39. The summed E-state index contributed by atoms with van der Waals surface area (Å²) in [6, 6.07) is 0.436. The largest absolute Gasteiger partial charge is 0.378 e. The van der Waals surface area contributed by atoms with E-state index in [1.165, 1.54) is 19.3 Å². The Morgan fingerprint density at radius 2 is 1.81 bits per heavy atom. The highest BCUT2D eigenvalue weighted by molar-refractivity contribution is 4.91. The molecular formula is C12H21NO3. The first-order valence-corrected chi connectivity index (χ1v) is 6.43. The summed E-state index contributed by atoms with van der Waals surface area (Å²) < 4.78 is 11.4. The summed E-state index contributed by atoms with van der Waals surface area (Å²) in [6.45, 7) is 3.22. The predicted molar refractivity (Wildman–Crippen MR) is 58.5 cm³/mol. The van der Waals surface area contributed by atoms with Gasteiger partial charge in [0.2, 0.25) is 5.91 Å². The number of fused-ring (bicyclic) bond motifs is 2. The number of hydrogen-bond acceptors (Lipinski definition) is 4. The third-order valence-corrected chi connectivity index (χ3v) is 4.35. The van der Waals surface area contributed by atoms with Gasteiger partial charge >= 0.3 is 0 Å². The lowest BCUT2D eigenvalue weighted by molar-refractivity contribution is -0.293. The molecule has 0 aromatic rings. The fourth-order valence-corrected chi connectivity index (χ4v) is 3.59. The Bertz CT molecular complexity index is 265. The first kappa shape index (κ1) is 11.0. The number of ether oxygens (including phenoxy) is 2. The monoisotopic (exact) mass is 227 g/mol. The van der Waals surface area contributed by atoms with Crippen LogP contribution in [0.15, 0.2) is 0 Å². The summed E-state index contributed by atoms with van der Waals surface area (Å²) in [7, 11) is 0. The first-order valence-electron chi connectivity index (χ1n) is 6.43. The quantitative estimate of drug-likeness (QED) is 0.733. The van der Waals surface area contributed by atoms with Crippen molar-refractivity contribution in [1.82, 2.24) is 4.90 Å². The molecule has 0 spiro atoms. The zero-order valence-corrected chi connectivity index (χ0v) is 9.89. The van der Waals surface area contributed by atoms with Crippen molar-refractivity contribution in [2.75, 3.05) is 13.2 Å². The summed E-state index contributed by atoms with van der Waals surface area (Å²) in [4.78, 5) is 2.08. The summed E-state index contributed by atoms with van der Waals surface area (Å²) in [5, 5.41) is 10.3. The summed E-state index contributed by atoms with van der Waals surface area (Å²) in [6.07, 6.45) is 5.25. The Hall–Kier alpha value is -0.160. The van der Waals surface area contributed by atoms with E-state index in [1.54, 1.807) is 0 Å². The predicted octanol–water partition coefficient (Wildman–Crippen LogP) is 1.29. The van der Waals surface area contributed by atoms with Gasteiger partial charge in [-0.2, -0.15) is 0 Å². The molecule has 1 N–H and O–H groups in total. The Labute approximate surface area is 96.5 Å². The van der Waals surface area contributed by atoms with Crippen molar-refractivity contribution in [1.29, 1.82) is 0 Å². The number of nitrogens with zero attached hydrogens (tertiary/aromatic N) is 1. The minimum atomic E-state index is -0.691. The molecule has 0 unspecified atom stereocenters. The van der Waals surface area contributed by atoms with Gasteiger partial charge in [-0.1, -0.05) is 0 Å². The van der Waals surface area contributed by atoms with Crippen molar-refractivity contribution in [3.63, 3.8) is 0 Å². The molecule has 16 heavy (non-hydrogen) atoms. The normalized spacial score (nSPS) is 43.5. The zero-order valence-electron chi connectivity index (χ0n) is 9.89. The molecule has 3 aliphatic rings. The fraction of sp³-hybridized carbons (Fsp3) is 1.00. The molecule has 3 rings (SSSR count). The van der Waals surface area contributed by atoms with Crippen LogP contribution in [0.4, 0.5) is 0 Å². The maximum atomic E-state index is 10.3. The molecule has 4 nitrogen and oxygen atoms in total. The van der Waals surface area contributed by atoms with E-state index >= 15 is 0 Å². The average Bonchev–Trinajstić information content (AvgIpc) is 2.81. The van der Waals surface area contributed by atoms with Crippen LogP contribution in [-0.2, 0) is 9.47 Å². The van der Waals surface area contributed by atoms with Gasteiger partial charge in [-0.25, -0.2) is 4.90 Å². The topological polar surface area (TPSA) is 41.9 Å². The molecule has 1 aliphatic carbocycles. The third-order valence-electron chi connectivity index (χ3n) is 4.35. The number of likely N-dealkylation sites (tertiary alicyclic amines) is 1. The van der Waals surface area contributed by atoms with E-state index in [4.69, 9.17) is 9.47 Å². The van der Waals surface area contributed by atoms with E-state index < -0.39 is 12.1 Å². The molecule has 3 fully saturated rings. The Morgan fingerprint density at radius 3 is 2.56 bits per heavy atom. The van der Waals surface area contributed by atoms with Crippen molar-refractivity contribution in [2.24, 2.45) is 5.92 Å². The summed E-state index contributed by atoms with van der Waals surface area (Å²) >= 11 is 0. The van der Waals surface area contributed by atoms with Crippen LogP contribution < -0.4 is 0 Å². The third kappa shape index (κ3) is 1.68. The lowest BCUT2D eigenvalue weighted by Gasteiger charge is -2.42. The maximum Gasteiger partial charge on any atom is 0.229 e. The van der Waals surface area contributed by atoms with Gasteiger partial charge in [0.25, 0.3) is 0 Å². The summed E-state index contributed by atoms with van der Waals surface area (Å²) in [5.41, 5.74) is 0. The molecule has 2 heterocycles. The highest BCUT2D eigenvalue weighted by atomic mass is 16.8. The molecule has 0 aromatic heterocycles. The van der Waals surface area contributed by atoms with Gasteiger partial charge in [0.05, 0.1) is 13.2 Å². The van der Waals surface area contributed by atoms with Crippen LogP contribution in [0.3, 0.4) is 0 Å². The van der Waals surface area contributed by atoms with Crippen molar-refractivity contribution in [3.8, 4) is 0 Å². The van der Waals surface area contributed by atoms with Gasteiger partial charge in [0.1, 0.15) is 6.23 Å². The molecule has 0 aromatic carbocycles. The number of hydrogen-bond donors (Lipinski definition) is 1. The van der Waals surface area contributed by atoms with E-state index in [2.05, 4.69) is 4.90 Å².